The molecule has 4 aromatic rings. The van der Waals surface area contributed by atoms with Crippen LogP contribution in [0.4, 0.5) is 5.69 Å². The summed E-state index contributed by atoms with van der Waals surface area (Å²) >= 11 is 0. The van der Waals surface area contributed by atoms with Crippen LogP contribution >= 0.6 is 0 Å². The maximum atomic E-state index is 13.0. The summed E-state index contributed by atoms with van der Waals surface area (Å²) in [6.07, 6.45) is 0. The summed E-state index contributed by atoms with van der Waals surface area (Å²) in [5.41, 5.74) is 4.48. The van der Waals surface area contributed by atoms with E-state index in [9.17, 15) is 14.4 Å². The lowest BCUT2D eigenvalue weighted by atomic mass is 10.0. The van der Waals surface area contributed by atoms with Crippen LogP contribution in [0.5, 0.6) is 0 Å². The Bertz CT molecular complexity index is 1430. The smallest absolute Gasteiger partial charge is 0.339 e. The van der Waals surface area contributed by atoms with Crippen LogP contribution in [0.1, 0.15) is 40.1 Å². The van der Waals surface area contributed by atoms with Gasteiger partial charge in [-0.3, -0.25) is 4.79 Å². The summed E-state index contributed by atoms with van der Waals surface area (Å²) in [4.78, 5) is 42.2. The van der Waals surface area contributed by atoms with Gasteiger partial charge in [-0.15, -0.1) is 0 Å². The predicted molar refractivity (Wildman–Crippen MR) is 142 cm³/mol. The van der Waals surface area contributed by atoms with E-state index in [4.69, 9.17) is 9.47 Å². The van der Waals surface area contributed by atoms with Gasteiger partial charge in [0.15, 0.2) is 6.61 Å². The molecule has 1 aromatic heterocycles. The highest BCUT2D eigenvalue weighted by molar-refractivity contribution is 6.05. The van der Waals surface area contributed by atoms with Gasteiger partial charge in [0, 0.05) is 16.6 Å². The largest absolute Gasteiger partial charge is 0.462 e. The first-order chi connectivity index (χ1) is 17.8. The normalized spacial score (nSPS) is 10.8. The number of aryl methyl sites for hydroxylation is 1. The molecule has 0 aliphatic carbocycles. The Morgan fingerprint density at radius 2 is 1.57 bits per heavy atom. The number of hydrogen-bond donors (Lipinski definition) is 1. The highest BCUT2D eigenvalue weighted by atomic mass is 16.5. The van der Waals surface area contributed by atoms with Gasteiger partial charge in [-0.1, -0.05) is 61.9 Å². The summed E-state index contributed by atoms with van der Waals surface area (Å²) in [6, 6.07) is 23.2. The number of rotatable bonds is 8. The van der Waals surface area contributed by atoms with Gasteiger partial charge in [0.1, 0.15) is 0 Å². The Morgan fingerprint density at radius 3 is 2.27 bits per heavy atom. The zero-order chi connectivity index (χ0) is 26.4. The number of carbonyl (C=O) groups excluding carboxylic acids is 3. The van der Waals surface area contributed by atoms with Crippen molar-refractivity contribution in [3.8, 4) is 11.3 Å². The summed E-state index contributed by atoms with van der Waals surface area (Å²) in [5, 5.41) is 3.31. The molecule has 1 amide bonds. The van der Waals surface area contributed by atoms with Crippen LogP contribution in [-0.4, -0.2) is 36.0 Å². The fourth-order valence-electron chi connectivity index (χ4n) is 3.64. The van der Waals surface area contributed by atoms with Crippen LogP contribution in [0, 0.1) is 12.8 Å². The molecule has 0 fully saturated rings. The van der Waals surface area contributed by atoms with E-state index in [1.165, 1.54) is 0 Å². The lowest BCUT2D eigenvalue weighted by Crippen LogP contribution is -2.21. The van der Waals surface area contributed by atoms with Crippen molar-refractivity contribution in [3.05, 3.63) is 95.6 Å². The van der Waals surface area contributed by atoms with E-state index >= 15 is 0 Å². The van der Waals surface area contributed by atoms with Crippen molar-refractivity contribution in [2.75, 3.05) is 18.5 Å². The number of benzene rings is 3. The van der Waals surface area contributed by atoms with Gasteiger partial charge in [-0.25, -0.2) is 14.6 Å². The Balaban J connectivity index is 1.42. The minimum Gasteiger partial charge on any atom is -0.462 e. The quantitative estimate of drug-likeness (QED) is 0.309. The molecule has 0 spiro atoms. The minimum absolute atomic E-state index is 0.240. The third-order valence-corrected chi connectivity index (χ3v) is 5.57. The van der Waals surface area contributed by atoms with Crippen molar-refractivity contribution < 1.29 is 23.9 Å². The van der Waals surface area contributed by atoms with Crippen molar-refractivity contribution in [2.45, 2.75) is 20.8 Å². The Morgan fingerprint density at radius 1 is 0.865 bits per heavy atom. The first kappa shape index (κ1) is 25.6. The number of anilines is 1. The van der Waals surface area contributed by atoms with Gasteiger partial charge in [0.2, 0.25) is 0 Å². The molecule has 0 aliphatic heterocycles. The van der Waals surface area contributed by atoms with Gasteiger partial charge in [-0.05, 0) is 49.2 Å². The van der Waals surface area contributed by atoms with Gasteiger partial charge >= 0.3 is 11.9 Å². The van der Waals surface area contributed by atoms with Crippen molar-refractivity contribution in [1.29, 1.82) is 0 Å². The molecule has 0 atom stereocenters. The molecule has 1 heterocycles. The zero-order valence-corrected chi connectivity index (χ0v) is 21.0. The fraction of sp³-hybridized carbons (Fsp3) is 0.200. The van der Waals surface area contributed by atoms with Crippen LogP contribution < -0.4 is 5.32 Å². The van der Waals surface area contributed by atoms with Crippen LogP contribution in [-0.2, 0) is 14.3 Å². The van der Waals surface area contributed by atoms with Crippen LogP contribution in [0.15, 0.2) is 78.9 Å². The van der Waals surface area contributed by atoms with Crippen LogP contribution in [0.2, 0.25) is 0 Å². The number of fused-ring (bicyclic) bond motifs is 1. The summed E-state index contributed by atoms with van der Waals surface area (Å²) in [6.45, 7) is 5.79. The number of hydrogen-bond acceptors (Lipinski definition) is 6. The van der Waals surface area contributed by atoms with Crippen molar-refractivity contribution in [1.82, 2.24) is 4.98 Å². The van der Waals surface area contributed by atoms with E-state index in [0.29, 0.717) is 40.0 Å². The highest BCUT2D eigenvalue weighted by Crippen LogP contribution is 2.26. The number of aromatic nitrogens is 1. The number of carbonyl (C=O) groups is 3. The minimum atomic E-state index is -0.620. The molecule has 3 aromatic carbocycles. The van der Waals surface area contributed by atoms with E-state index in [1.54, 1.807) is 36.4 Å². The average Bonchev–Trinajstić information content (AvgIpc) is 2.90. The van der Waals surface area contributed by atoms with Crippen LogP contribution in [0.25, 0.3) is 22.2 Å². The van der Waals surface area contributed by atoms with Gasteiger partial charge in [0.25, 0.3) is 5.91 Å². The molecule has 7 nitrogen and oxygen atoms in total. The molecule has 37 heavy (non-hydrogen) atoms. The first-order valence-corrected chi connectivity index (χ1v) is 12.0. The topological polar surface area (TPSA) is 94.6 Å². The highest BCUT2D eigenvalue weighted by Gasteiger charge is 2.17. The maximum Gasteiger partial charge on any atom is 0.339 e. The fourth-order valence-corrected chi connectivity index (χ4v) is 3.64. The Kier molecular flexibility index (Phi) is 7.93. The van der Waals surface area contributed by atoms with E-state index in [2.05, 4.69) is 10.3 Å². The number of ether oxygens (including phenoxy) is 2. The van der Waals surface area contributed by atoms with Crippen molar-refractivity contribution in [3.63, 3.8) is 0 Å². The summed E-state index contributed by atoms with van der Waals surface area (Å²) in [5.74, 6) is -1.30. The SMILES string of the molecule is Cc1ccc(-c2cc(C(=O)OCC(=O)Nc3ccc(C(=O)OCC(C)C)cc3)c3ccccc3n2)cc1. The van der Waals surface area contributed by atoms with Gasteiger partial charge in [-0.2, -0.15) is 0 Å². The number of nitrogens with one attached hydrogen (secondary N) is 1. The van der Waals surface area contributed by atoms with E-state index < -0.39 is 24.5 Å². The monoisotopic (exact) mass is 496 g/mol. The maximum absolute atomic E-state index is 13.0. The number of amides is 1. The number of para-hydroxylation sites is 1. The lowest BCUT2D eigenvalue weighted by molar-refractivity contribution is -0.119. The molecule has 4 rings (SSSR count). The average molecular weight is 497 g/mol. The third kappa shape index (κ3) is 6.58. The Labute approximate surface area is 215 Å². The molecular formula is C30H28N2O5. The summed E-state index contributed by atoms with van der Waals surface area (Å²) < 4.78 is 10.5. The standard InChI is InChI=1S/C30H28N2O5/c1-19(2)17-36-29(34)22-12-14-23(15-13-22)31-28(33)18-37-30(35)25-16-27(21-10-8-20(3)9-11-21)32-26-7-5-4-6-24(25)26/h4-16,19H,17-18H2,1-3H3,(H,31,33). The predicted octanol–water partition coefficient (Wildman–Crippen LogP) is 5.82. The van der Waals surface area contributed by atoms with E-state index in [0.717, 1.165) is 11.1 Å². The lowest BCUT2D eigenvalue weighted by Gasteiger charge is -2.11. The second kappa shape index (κ2) is 11.5. The third-order valence-electron chi connectivity index (χ3n) is 5.57. The molecule has 0 bridgehead atoms. The van der Waals surface area contributed by atoms with Crippen LogP contribution in [0.3, 0.4) is 0 Å². The molecule has 1 N–H and O–H groups in total. The molecule has 188 valence electrons. The number of esters is 2. The second-order valence-corrected chi connectivity index (χ2v) is 9.13. The molecule has 0 aliphatic rings. The molecule has 0 saturated carbocycles. The van der Waals surface area contributed by atoms with E-state index in [-0.39, 0.29) is 5.92 Å². The second-order valence-electron chi connectivity index (χ2n) is 9.13. The van der Waals surface area contributed by atoms with Crippen molar-refractivity contribution in [2.24, 2.45) is 5.92 Å². The first-order valence-electron chi connectivity index (χ1n) is 12.0. The van der Waals surface area contributed by atoms with Crippen molar-refractivity contribution >= 4 is 34.4 Å². The Hall–Kier alpha value is -4.52. The summed E-state index contributed by atoms with van der Waals surface area (Å²) in [7, 11) is 0. The van der Waals surface area contributed by atoms with Gasteiger partial charge in [0.05, 0.1) is 28.9 Å². The molecule has 7 heteroatoms. The number of pyridine rings is 1. The van der Waals surface area contributed by atoms with E-state index in [1.807, 2.05) is 63.2 Å². The molecule has 0 unspecified atom stereocenters. The molecular weight excluding hydrogens is 468 g/mol. The molecule has 0 saturated heterocycles. The molecule has 0 radical (unpaired) electrons. The zero-order valence-electron chi connectivity index (χ0n) is 21.0. The number of nitrogens with zero attached hydrogens (tertiary/aromatic N) is 1. The van der Waals surface area contributed by atoms with Gasteiger partial charge < -0.3 is 14.8 Å².